The van der Waals surface area contributed by atoms with Gasteiger partial charge >= 0.3 is 0 Å². The molecule has 0 aliphatic carbocycles. The summed E-state index contributed by atoms with van der Waals surface area (Å²) < 4.78 is 20.3. The van der Waals surface area contributed by atoms with E-state index >= 15 is 0 Å². The first-order chi connectivity index (χ1) is 15.2. The molecular weight excluding hydrogens is 407 g/mol. The van der Waals surface area contributed by atoms with Crippen molar-refractivity contribution in [2.45, 2.75) is 57.8 Å². The number of hydrogen-bond acceptors (Lipinski definition) is 4. The number of nitrogens with one attached hydrogen (secondary N) is 1. The number of aromatic amines is 1. The Balaban J connectivity index is 1.29. The summed E-state index contributed by atoms with van der Waals surface area (Å²) in [6.45, 7) is 8.08. The summed E-state index contributed by atoms with van der Waals surface area (Å²) in [4.78, 5) is 5.48. The molecule has 0 saturated carbocycles. The Hall–Kier alpha value is -2.41. The molecule has 170 valence electrons. The van der Waals surface area contributed by atoms with Crippen molar-refractivity contribution in [2.75, 3.05) is 19.6 Å². The topological polar surface area (TPSA) is 68.7 Å². The minimum Gasteiger partial charge on any atom is -0.487 e. The Bertz CT molecular complexity index is 1160. The van der Waals surface area contributed by atoms with Crippen LogP contribution in [0.3, 0.4) is 0 Å². The van der Waals surface area contributed by atoms with Gasteiger partial charge in [0.05, 0.1) is 12.2 Å². The second-order valence-corrected chi connectivity index (χ2v) is 9.65. The van der Waals surface area contributed by atoms with Crippen molar-refractivity contribution in [3.05, 3.63) is 64.1 Å². The Morgan fingerprint density at radius 3 is 2.62 bits per heavy atom. The maximum absolute atomic E-state index is 13.8. The van der Waals surface area contributed by atoms with Gasteiger partial charge in [-0.3, -0.25) is 0 Å². The fourth-order valence-electron chi connectivity index (χ4n) is 5.43. The van der Waals surface area contributed by atoms with Gasteiger partial charge in [0.15, 0.2) is 0 Å². The number of halogens is 1. The number of hydrogen-bond donors (Lipinski definition) is 3. The van der Waals surface area contributed by atoms with Crippen LogP contribution >= 0.6 is 0 Å². The molecule has 1 fully saturated rings. The van der Waals surface area contributed by atoms with Gasteiger partial charge in [0.1, 0.15) is 17.2 Å². The third-order valence-electron chi connectivity index (χ3n) is 7.41. The molecule has 0 unspecified atom stereocenters. The van der Waals surface area contributed by atoms with Crippen molar-refractivity contribution >= 4 is 10.9 Å². The molecule has 2 aromatic carbocycles. The average Bonchev–Trinajstić information content (AvgIpc) is 3.06. The van der Waals surface area contributed by atoms with Gasteiger partial charge in [-0.25, -0.2) is 4.39 Å². The van der Waals surface area contributed by atoms with Crippen LogP contribution in [0.5, 0.6) is 5.75 Å². The van der Waals surface area contributed by atoms with Crippen LogP contribution in [0, 0.1) is 26.6 Å². The normalized spacial score (nSPS) is 21.5. The van der Waals surface area contributed by atoms with E-state index in [2.05, 4.69) is 23.7 Å². The van der Waals surface area contributed by atoms with Gasteiger partial charge in [0, 0.05) is 53.8 Å². The fraction of sp³-hybridized carbons (Fsp3) is 0.462. The zero-order chi connectivity index (χ0) is 22.6. The summed E-state index contributed by atoms with van der Waals surface area (Å²) in [5.41, 5.74) is 5.33. The van der Waals surface area contributed by atoms with Crippen LogP contribution in [0.25, 0.3) is 10.9 Å². The summed E-state index contributed by atoms with van der Waals surface area (Å²) in [7, 11) is 0. The van der Waals surface area contributed by atoms with E-state index in [9.17, 15) is 14.6 Å². The second-order valence-electron chi connectivity index (χ2n) is 9.65. The first kappa shape index (κ1) is 21.4. The predicted octanol–water partition coefficient (Wildman–Crippen LogP) is 4.62. The molecule has 1 saturated heterocycles. The third kappa shape index (κ3) is 3.70. The lowest BCUT2D eigenvalue weighted by atomic mass is 9.81. The Labute approximate surface area is 187 Å². The second kappa shape index (κ2) is 7.87. The number of aryl methyl sites for hydroxylation is 3. The first-order valence-corrected chi connectivity index (χ1v) is 11.4. The molecule has 2 atom stereocenters. The molecule has 1 spiro atoms. The molecule has 3 N–H and O–H groups in total. The molecule has 5 rings (SSSR count). The molecule has 6 heteroatoms. The van der Waals surface area contributed by atoms with Gasteiger partial charge in [0.2, 0.25) is 0 Å². The number of likely N-dealkylation sites (tertiary alicyclic amines) is 1. The summed E-state index contributed by atoms with van der Waals surface area (Å²) in [6, 6.07) is 8.72. The minimum atomic E-state index is -0.705. The smallest absolute Gasteiger partial charge is 0.126 e. The Morgan fingerprint density at radius 1 is 1.16 bits per heavy atom. The quantitative estimate of drug-likeness (QED) is 0.558. The highest BCUT2D eigenvalue weighted by molar-refractivity contribution is 5.85. The van der Waals surface area contributed by atoms with Crippen LogP contribution < -0.4 is 4.74 Å². The maximum Gasteiger partial charge on any atom is 0.126 e. The lowest BCUT2D eigenvalue weighted by molar-refractivity contribution is -0.0588. The van der Waals surface area contributed by atoms with E-state index in [-0.39, 0.29) is 11.4 Å². The minimum absolute atomic E-state index is 0.302. The number of nitrogens with zero attached hydrogens (tertiary/aromatic N) is 1. The van der Waals surface area contributed by atoms with Gasteiger partial charge < -0.3 is 24.8 Å². The van der Waals surface area contributed by atoms with E-state index in [1.165, 1.54) is 23.3 Å². The number of ether oxygens (including phenoxy) is 1. The predicted molar refractivity (Wildman–Crippen MR) is 122 cm³/mol. The molecule has 5 nitrogen and oxygen atoms in total. The molecule has 32 heavy (non-hydrogen) atoms. The number of aliphatic hydroxyl groups is 2. The number of β-amino-alcohol motifs (C(OH)–C–C–N with tert-alkyl or cyclic N) is 1. The summed E-state index contributed by atoms with van der Waals surface area (Å²) in [5, 5.41) is 22.6. The first-order valence-electron chi connectivity index (χ1n) is 11.4. The van der Waals surface area contributed by atoms with Crippen molar-refractivity contribution < 1.29 is 19.3 Å². The monoisotopic (exact) mass is 438 g/mol. The van der Waals surface area contributed by atoms with Gasteiger partial charge in [-0.05, 0) is 75.1 Å². The maximum atomic E-state index is 13.8. The van der Waals surface area contributed by atoms with E-state index in [0.717, 1.165) is 59.4 Å². The number of piperidine rings is 1. The number of fused-ring (bicyclic) bond motifs is 2. The van der Waals surface area contributed by atoms with Crippen LogP contribution in [0.1, 0.15) is 59.4 Å². The van der Waals surface area contributed by atoms with E-state index in [1.54, 1.807) is 6.07 Å². The summed E-state index contributed by atoms with van der Waals surface area (Å²) in [6.07, 6.45) is 0.970. The van der Waals surface area contributed by atoms with Crippen molar-refractivity contribution in [1.29, 1.82) is 0 Å². The lowest BCUT2D eigenvalue weighted by Gasteiger charge is -2.46. The fourth-order valence-corrected chi connectivity index (χ4v) is 5.43. The van der Waals surface area contributed by atoms with Gasteiger partial charge in [-0.15, -0.1) is 0 Å². The van der Waals surface area contributed by atoms with Crippen LogP contribution in [0.15, 0.2) is 30.3 Å². The van der Waals surface area contributed by atoms with Gasteiger partial charge in [-0.2, -0.15) is 0 Å². The van der Waals surface area contributed by atoms with Crippen molar-refractivity contribution in [1.82, 2.24) is 9.88 Å². The molecule has 3 heterocycles. The molecule has 2 aliphatic rings. The Morgan fingerprint density at radius 2 is 1.88 bits per heavy atom. The highest BCUT2D eigenvalue weighted by atomic mass is 19.1. The average molecular weight is 439 g/mol. The van der Waals surface area contributed by atoms with Crippen molar-refractivity contribution in [3.8, 4) is 5.75 Å². The van der Waals surface area contributed by atoms with E-state index < -0.39 is 12.2 Å². The third-order valence-corrected chi connectivity index (χ3v) is 7.41. The Kier molecular flexibility index (Phi) is 5.27. The zero-order valence-electron chi connectivity index (χ0n) is 18.9. The van der Waals surface area contributed by atoms with Crippen LogP contribution in [0.2, 0.25) is 0 Å². The number of aliphatic hydroxyl groups excluding tert-OH is 2. The highest BCUT2D eigenvalue weighted by Crippen LogP contribution is 2.45. The number of H-pyrrole nitrogens is 1. The van der Waals surface area contributed by atoms with Crippen molar-refractivity contribution in [2.24, 2.45) is 0 Å². The van der Waals surface area contributed by atoms with E-state index in [0.29, 0.717) is 13.0 Å². The summed E-state index contributed by atoms with van der Waals surface area (Å²) >= 11 is 0. The number of aromatic nitrogens is 1. The molecule has 1 aromatic heterocycles. The molecule has 0 radical (unpaired) electrons. The zero-order valence-corrected chi connectivity index (χ0v) is 18.9. The summed E-state index contributed by atoms with van der Waals surface area (Å²) in [5.74, 6) is 0.500. The standard InChI is InChI=1S/C26H31FN2O3/c1-15-10-20-22(30)13-26(32-24(20)11-16(15)2)6-8-29(9-7-26)14-23(31)25-17(3)28-21-5-4-18(27)12-19(21)25/h4-5,10-12,22-23,28,30-31H,6-9,13-14H2,1-3H3/t22-,23+/m0/s1. The van der Waals surface area contributed by atoms with E-state index in [1.807, 2.05) is 19.1 Å². The lowest BCUT2D eigenvalue weighted by Crippen LogP contribution is -2.51. The van der Waals surface area contributed by atoms with E-state index in [4.69, 9.17) is 4.74 Å². The highest BCUT2D eigenvalue weighted by Gasteiger charge is 2.43. The van der Waals surface area contributed by atoms with Crippen LogP contribution in [0.4, 0.5) is 4.39 Å². The van der Waals surface area contributed by atoms with Crippen LogP contribution in [-0.4, -0.2) is 45.3 Å². The van der Waals surface area contributed by atoms with Crippen molar-refractivity contribution in [3.63, 3.8) is 0 Å². The largest absolute Gasteiger partial charge is 0.487 e. The molecule has 0 bridgehead atoms. The molecule has 0 amide bonds. The molecule has 3 aromatic rings. The molecular formula is C26H31FN2O3. The van der Waals surface area contributed by atoms with Gasteiger partial charge in [-0.1, -0.05) is 0 Å². The van der Waals surface area contributed by atoms with Gasteiger partial charge in [0.25, 0.3) is 0 Å². The molecule has 2 aliphatic heterocycles. The van der Waals surface area contributed by atoms with Crippen LogP contribution in [-0.2, 0) is 0 Å². The number of benzene rings is 2. The number of rotatable bonds is 3. The SMILES string of the molecule is Cc1cc2c(cc1C)[C@@H](O)CC1(CCN(C[C@@H](O)c3c(C)[nH]c4ccc(F)cc34)CC1)O2.